The van der Waals surface area contributed by atoms with Gasteiger partial charge in [0.2, 0.25) is 0 Å². The zero-order valence-corrected chi connectivity index (χ0v) is 37.7. The minimum atomic E-state index is -4.74. The summed E-state index contributed by atoms with van der Waals surface area (Å²) in [6.07, 6.45) is -1.79. The molecule has 0 saturated carbocycles. The molecule has 18 atom stereocenters. The summed E-state index contributed by atoms with van der Waals surface area (Å²) in [5.41, 5.74) is -2.00. The van der Waals surface area contributed by atoms with Crippen molar-refractivity contribution < 1.29 is 71.3 Å². The average Bonchev–Trinajstić information content (AvgIpc) is 3.54. The van der Waals surface area contributed by atoms with Gasteiger partial charge < -0.3 is 49.1 Å². The first-order valence-corrected chi connectivity index (χ1v) is 22.6. The topological polar surface area (TPSA) is 179 Å². The second-order valence-corrected chi connectivity index (χ2v) is 19.3. The molecular formula is C45H72F3NO12. The molecule has 5 aliphatic heterocycles. The molecule has 2 spiro atoms. The van der Waals surface area contributed by atoms with Crippen LogP contribution < -0.4 is 5.32 Å². The van der Waals surface area contributed by atoms with E-state index >= 15 is 0 Å². The highest BCUT2D eigenvalue weighted by Crippen LogP contribution is 2.54. The largest absolute Gasteiger partial charge is 0.481 e. The predicted molar refractivity (Wildman–Crippen MR) is 217 cm³/mol. The Morgan fingerprint density at radius 1 is 0.918 bits per heavy atom. The van der Waals surface area contributed by atoms with Crippen LogP contribution >= 0.6 is 0 Å². The summed E-state index contributed by atoms with van der Waals surface area (Å²) >= 11 is 0. The van der Waals surface area contributed by atoms with Crippen molar-refractivity contribution in [2.24, 2.45) is 41.4 Å². The fourth-order valence-electron chi connectivity index (χ4n) is 11.0. The van der Waals surface area contributed by atoms with E-state index in [-0.39, 0.29) is 30.0 Å². The summed E-state index contributed by atoms with van der Waals surface area (Å²) < 4.78 is 77.4. The van der Waals surface area contributed by atoms with Gasteiger partial charge in [-0.05, 0) is 89.5 Å². The average molecular weight is 876 g/mol. The van der Waals surface area contributed by atoms with Crippen LogP contribution in [0.5, 0.6) is 0 Å². The van der Waals surface area contributed by atoms with E-state index in [1.54, 1.807) is 19.1 Å². The van der Waals surface area contributed by atoms with Crippen LogP contribution in [0.25, 0.3) is 0 Å². The molecule has 0 aromatic rings. The third kappa shape index (κ3) is 10.3. The summed E-state index contributed by atoms with van der Waals surface area (Å²) in [6, 6.07) is -1.10. The number of hydrogen-bond donors (Lipinski definition) is 4. The smallest absolute Gasteiger partial charge is 0.422 e. The third-order valence-corrected chi connectivity index (χ3v) is 15.1. The number of alkyl halides is 3. The number of aliphatic hydroxyl groups is 2. The number of carboxylic acids is 1. The third-order valence-electron chi connectivity index (χ3n) is 15.1. The van der Waals surface area contributed by atoms with Crippen molar-refractivity contribution in [1.29, 1.82) is 0 Å². The van der Waals surface area contributed by atoms with Crippen LogP contribution in [0.2, 0.25) is 0 Å². The predicted octanol–water partition coefficient (Wildman–Crippen LogP) is 7.48. The highest BCUT2D eigenvalue weighted by molar-refractivity contribution is 5.84. The van der Waals surface area contributed by atoms with Gasteiger partial charge in [0.1, 0.15) is 11.8 Å². The van der Waals surface area contributed by atoms with Gasteiger partial charge in [-0.2, -0.15) is 13.2 Å². The molecule has 4 N–H and O–H groups in total. The first-order chi connectivity index (χ1) is 28.4. The maximum atomic E-state index is 14.6. The van der Waals surface area contributed by atoms with Crippen LogP contribution in [-0.4, -0.2) is 111 Å². The number of carbonyl (C=O) groups is 3. The van der Waals surface area contributed by atoms with Gasteiger partial charge in [-0.15, -0.1) is 0 Å². The van der Waals surface area contributed by atoms with Crippen LogP contribution in [0.3, 0.4) is 0 Å². The number of ether oxygens (including phenoxy) is 6. The number of aliphatic hydroxyl groups excluding tert-OH is 1. The highest BCUT2D eigenvalue weighted by atomic mass is 19.4. The van der Waals surface area contributed by atoms with Gasteiger partial charge in [-0.25, -0.2) is 4.79 Å². The van der Waals surface area contributed by atoms with Crippen molar-refractivity contribution in [2.75, 3.05) is 6.61 Å². The minimum absolute atomic E-state index is 0.0409. The van der Waals surface area contributed by atoms with Crippen molar-refractivity contribution in [3.05, 3.63) is 12.2 Å². The number of halogens is 3. The van der Waals surface area contributed by atoms with E-state index in [1.165, 1.54) is 0 Å². The molecule has 1 amide bonds. The molecule has 61 heavy (non-hydrogen) atoms. The van der Waals surface area contributed by atoms with Crippen molar-refractivity contribution >= 4 is 17.8 Å². The molecule has 0 aromatic heterocycles. The summed E-state index contributed by atoms with van der Waals surface area (Å²) in [7, 11) is 0. The Hall–Kier alpha value is -2.34. The van der Waals surface area contributed by atoms with E-state index in [1.807, 2.05) is 62.3 Å². The fraction of sp³-hybridized carbons (Fsp3) is 0.889. The summed E-state index contributed by atoms with van der Waals surface area (Å²) in [6.45, 7) is 17.0. The standard InChI is InChI=1S/C45H72F3NO12/c1-11-30(39(52)53)32-15-14-24(4)37(58-32)28(8)35(50)27(7)36(51)31(12-2)38-25(5)22-26(6)43(59-38)19-16-33(49-40(54)56-23-45(46,47)48)44(61-43)21-20-41(10,60-44)34-17-18-42(55,13-3)29(9)57-34/h16,19,24-35,37-38,50,55H,11-15,17-18,20-23H2,1-10H3,(H,49,54)(H,52,53)/t24-,25-,26+,27-,28-,29-,30+,31-,32+,33+,34+,35+,37+,38-,41-,42+,43-,44-/m0/s1. The zero-order valence-electron chi connectivity index (χ0n) is 37.7. The second kappa shape index (κ2) is 19.0. The molecule has 0 aliphatic carbocycles. The van der Waals surface area contributed by atoms with Gasteiger partial charge in [0, 0.05) is 30.1 Å². The number of aliphatic carboxylic acids is 1. The molecule has 350 valence electrons. The van der Waals surface area contributed by atoms with Gasteiger partial charge in [0.15, 0.2) is 18.2 Å². The van der Waals surface area contributed by atoms with E-state index in [0.29, 0.717) is 51.4 Å². The lowest BCUT2D eigenvalue weighted by atomic mass is 9.72. The Bertz CT molecular complexity index is 1580. The number of alkyl carbamates (subject to hydrolysis) is 1. The van der Waals surface area contributed by atoms with Gasteiger partial charge in [-0.3, -0.25) is 9.59 Å². The quantitative estimate of drug-likeness (QED) is 0.127. The number of Topliss-reactive ketones (excluding diaryl/α,β-unsaturated/α-hetero) is 1. The molecule has 4 saturated heterocycles. The number of carbonyl (C=O) groups excluding carboxylic acids is 2. The first-order valence-electron chi connectivity index (χ1n) is 22.6. The molecule has 13 nitrogen and oxygen atoms in total. The lowest BCUT2D eigenvalue weighted by molar-refractivity contribution is -0.398. The lowest BCUT2D eigenvalue weighted by Crippen LogP contribution is -2.65. The summed E-state index contributed by atoms with van der Waals surface area (Å²) in [5, 5.41) is 35.3. The van der Waals surface area contributed by atoms with Gasteiger partial charge >= 0.3 is 18.2 Å². The monoisotopic (exact) mass is 876 g/mol. The number of rotatable bonds is 14. The molecule has 0 radical (unpaired) electrons. The lowest BCUT2D eigenvalue weighted by Gasteiger charge is -2.55. The van der Waals surface area contributed by atoms with E-state index in [9.17, 15) is 42.9 Å². The van der Waals surface area contributed by atoms with Gasteiger partial charge in [0.05, 0.1) is 53.7 Å². The number of amides is 1. The van der Waals surface area contributed by atoms with Crippen LogP contribution in [-0.2, 0) is 38.0 Å². The van der Waals surface area contributed by atoms with Crippen LogP contribution in [0.4, 0.5) is 18.0 Å². The zero-order chi connectivity index (χ0) is 45.5. The van der Waals surface area contributed by atoms with E-state index < -0.39 is 114 Å². The van der Waals surface area contributed by atoms with Gasteiger partial charge in [0.25, 0.3) is 0 Å². The Kier molecular flexibility index (Phi) is 15.5. The molecular weight excluding hydrogens is 803 g/mol. The van der Waals surface area contributed by atoms with Crippen LogP contribution in [0, 0.1) is 41.4 Å². The van der Waals surface area contributed by atoms with Crippen molar-refractivity contribution in [2.45, 2.75) is 205 Å². The summed E-state index contributed by atoms with van der Waals surface area (Å²) in [5.74, 6) is -7.28. The van der Waals surface area contributed by atoms with Crippen molar-refractivity contribution in [1.82, 2.24) is 5.32 Å². The molecule has 5 rings (SSSR count). The number of ketones is 1. The Labute approximate surface area is 359 Å². The van der Waals surface area contributed by atoms with Gasteiger partial charge in [-0.1, -0.05) is 61.5 Å². The molecule has 0 bridgehead atoms. The molecule has 0 unspecified atom stereocenters. The number of hydrogen-bond acceptors (Lipinski definition) is 11. The molecule has 5 heterocycles. The Balaban J connectivity index is 1.39. The minimum Gasteiger partial charge on any atom is -0.481 e. The summed E-state index contributed by atoms with van der Waals surface area (Å²) in [4.78, 5) is 39.4. The Morgan fingerprint density at radius 2 is 1.59 bits per heavy atom. The van der Waals surface area contributed by atoms with E-state index in [2.05, 4.69) is 10.1 Å². The second-order valence-electron chi connectivity index (χ2n) is 19.3. The molecule has 5 aliphatic rings. The number of nitrogens with one attached hydrogen (secondary N) is 1. The normalized spacial score (nSPS) is 41.8. The molecule has 0 aromatic carbocycles. The van der Waals surface area contributed by atoms with E-state index in [4.69, 9.17) is 23.7 Å². The van der Waals surface area contributed by atoms with Crippen molar-refractivity contribution in [3.63, 3.8) is 0 Å². The maximum absolute atomic E-state index is 14.6. The fourth-order valence-corrected chi connectivity index (χ4v) is 11.0. The number of carboxylic acid groups (broad SMARTS) is 1. The molecule has 4 fully saturated rings. The van der Waals surface area contributed by atoms with Crippen LogP contribution in [0.1, 0.15) is 133 Å². The molecule has 16 heteroatoms. The van der Waals surface area contributed by atoms with Crippen molar-refractivity contribution in [3.8, 4) is 0 Å². The Morgan fingerprint density at radius 3 is 2.18 bits per heavy atom. The SMILES string of the molecule is CC[C@@H](C(=O)[C@@H](C)[C@@H](O)[C@H](C)[C@@H]1O[C@@H]([C@@H](CC)C(=O)O)CC[C@@H]1C)[C@H]1O[C@]2(C=C[C@@H](NC(=O)OCC(F)(F)F)[C@]3(CC[C@@](C)([C@H]4CC[C@](O)(CC)[C@H](C)O4)O3)O2)[C@H](C)C[C@@H]1C. The maximum Gasteiger partial charge on any atom is 0.422 e. The highest BCUT2D eigenvalue weighted by Gasteiger charge is 2.63. The van der Waals surface area contributed by atoms with E-state index in [0.717, 1.165) is 6.42 Å². The first kappa shape index (κ1) is 49.7. The van der Waals surface area contributed by atoms with Crippen LogP contribution in [0.15, 0.2) is 12.2 Å².